The second kappa shape index (κ2) is 3.35. The maximum absolute atomic E-state index is 13.3. The maximum Gasteiger partial charge on any atom is 0.129 e. The van der Waals surface area contributed by atoms with Gasteiger partial charge < -0.3 is 5.11 Å². The molecule has 0 radical (unpaired) electrons. The zero-order chi connectivity index (χ0) is 10.3. The van der Waals surface area contributed by atoms with Gasteiger partial charge in [-0.2, -0.15) is 0 Å². The Hall–Kier alpha value is -0.890. The molecule has 2 rings (SSSR count). The average molecular weight is 194 g/mol. The van der Waals surface area contributed by atoms with Crippen molar-refractivity contribution in [3.63, 3.8) is 0 Å². The fourth-order valence-electron chi connectivity index (χ4n) is 2.08. The molecule has 1 N–H and O–H groups in total. The van der Waals surface area contributed by atoms with Crippen LogP contribution >= 0.6 is 0 Å². The summed E-state index contributed by atoms with van der Waals surface area (Å²) in [7, 11) is 0. The molecule has 1 saturated carbocycles. The van der Waals surface area contributed by atoms with Crippen molar-refractivity contribution in [1.29, 1.82) is 0 Å². The number of hydrogen-bond acceptors (Lipinski definition) is 1. The Morgan fingerprint density at radius 3 is 2.14 bits per heavy atom. The molecule has 14 heavy (non-hydrogen) atoms. The van der Waals surface area contributed by atoms with Gasteiger partial charge in [-0.15, -0.1) is 0 Å². The third kappa shape index (κ3) is 1.55. The zero-order valence-corrected chi connectivity index (χ0v) is 8.55. The quantitative estimate of drug-likeness (QED) is 0.728. The van der Waals surface area contributed by atoms with Crippen LogP contribution in [-0.4, -0.2) is 11.2 Å². The summed E-state index contributed by atoms with van der Waals surface area (Å²) >= 11 is 0. The van der Waals surface area contributed by atoms with Gasteiger partial charge in [0.2, 0.25) is 0 Å². The van der Waals surface area contributed by atoms with E-state index in [9.17, 15) is 9.50 Å². The Bertz CT molecular complexity index is 330. The minimum absolute atomic E-state index is 0.103. The summed E-state index contributed by atoms with van der Waals surface area (Å²) in [5.74, 6) is 0.330. The molecule has 1 aromatic carbocycles. The van der Waals surface area contributed by atoms with Gasteiger partial charge in [0.25, 0.3) is 0 Å². The van der Waals surface area contributed by atoms with Crippen LogP contribution in [0.25, 0.3) is 0 Å². The maximum atomic E-state index is 13.3. The van der Waals surface area contributed by atoms with Crippen molar-refractivity contribution < 1.29 is 9.50 Å². The monoisotopic (exact) mass is 194 g/mol. The number of hydrogen-bond donors (Lipinski definition) is 1. The number of halogens is 1. The smallest absolute Gasteiger partial charge is 0.129 e. The van der Waals surface area contributed by atoms with Gasteiger partial charge >= 0.3 is 0 Å². The number of aryl methyl sites for hydroxylation is 2. The lowest BCUT2D eigenvalue weighted by atomic mass is 9.77. The average Bonchev–Trinajstić information content (AvgIpc) is 2.08. The van der Waals surface area contributed by atoms with Crippen LogP contribution in [0.1, 0.15) is 35.4 Å². The number of aliphatic hydroxyl groups excluding tert-OH is 1. The summed E-state index contributed by atoms with van der Waals surface area (Å²) < 4.78 is 13.3. The molecule has 0 bridgehead atoms. The molecule has 1 aromatic rings. The summed E-state index contributed by atoms with van der Waals surface area (Å²) in [6.07, 6.45) is 1.50. The van der Waals surface area contributed by atoms with E-state index >= 15 is 0 Å². The van der Waals surface area contributed by atoms with Crippen LogP contribution in [0.4, 0.5) is 4.39 Å². The lowest BCUT2D eigenvalue weighted by Gasteiger charge is -2.32. The zero-order valence-electron chi connectivity index (χ0n) is 8.55. The second-order valence-electron chi connectivity index (χ2n) is 4.29. The third-order valence-electron chi connectivity index (χ3n) is 3.04. The fraction of sp³-hybridized carbons (Fsp3) is 0.500. The summed E-state index contributed by atoms with van der Waals surface area (Å²) in [5, 5.41) is 9.20. The van der Waals surface area contributed by atoms with Crippen molar-refractivity contribution in [2.75, 3.05) is 0 Å². The second-order valence-corrected chi connectivity index (χ2v) is 4.29. The Morgan fingerprint density at radius 1 is 1.21 bits per heavy atom. The van der Waals surface area contributed by atoms with E-state index in [1.54, 1.807) is 13.8 Å². The molecule has 0 unspecified atom stereocenters. The molecule has 0 atom stereocenters. The lowest BCUT2D eigenvalue weighted by molar-refractivity contribution is 0.0746. The van der Waals surface area contributed by atoms with Crippen molar-refractivity contribution in [3.8, 4) is 0 Å². The van der Waals surface area contributed by atoms with Crippen molar-refractivity contribution in [3.05, 3.63) is 34.6 Å². The number of rotatable bonds is 1. The van der Waals surface area contributed by atoms with E-state index in [1.807, 2.05) is 12.1 Å². The van der Waals surface area contributed by atoms with Crippen LogP contribution in [0.15, 0.2) is 12.1 Å². The van der Waals surface area contributed by atoms with Crippen LogP contribution in [-0.2, 0) is 0 Å². The van der Waals surface area contributed by atoms with Crippen molar-refractivity contribution in [2.24, 2.45) is 0 Å². The first-order valence-electron chi connectivity index (χ1n) is 5.02. The summed E-state index contributed by atoms with van der Waals surface area (Å²) in [6.45, 7) is 3.59. The highest BCUT2D eigenvalue weighted by Crippen LogP contribution is 2.37. The number of benzene rings is 1. The summed E-state index contributed by atoms with van der Waals surface area (Å²) in [6, 6.07) is 3.80. The molecule has 1 nitrogen and oxygen atoms in total. The standard InChI is InChI=1S/C12H15FO/c1-7-3-9(4-8(2)12(7)13)10-5-11(14)6-10/h3-4,10-11,14H,5-6H2,1-2H3. The van der Waals surface area contributed by atoms with Gasteiger partial charge in [-0.1, -0.05) is 12.1 Å². The lowest BCUT2D eigenvalue weighted by Crippen LogP contribution is -2.26. The van der Waals surface area contributed by atoms with E-state index in [-0.39, 0.29) is 11.9 Å². The fourth-order valence-corrected chi connectivity index (χ4v) is 2.08. The molecule has 2 heteroatoms. The molecular formula is C12H15FO. The van der Waals surface area contributed by atoms with Gasteiger partial charge in [0.05, 0.1) is 6.10 Å². The first-order chi connectivity index (χ1) is 6.58. The minimum atomic E-state index is -0.148. The van der Waals surface area contributed by atoms with Crippen molar-refractivity contribution >= 4 is 0 Å². The topological polar surface area (TPSA) is 20.2 Å². The summed E-state index contributed by atoms with van der Waals surface area (Å²) in [5.41, 5.74) is 2.59. The van der Waals surface area contributed by atoms with E-state index in [4.69, 9.17) is 0 Å². The van der Waals surface area contributed by atoms with E-state index in [2.05, 4.69) is 0 Å². The van der Waals surface area contributed by atoms with Gasteiger partial charge in [0.1, 0.15) is 5.82 Å². The Balaban J connectivity index is 2.27. The molecule has 0 aliphatic heterocycles. The Morgan fingerprint density at radius 2 is 1.71 bits per heavy atom. The van der Waals surface area contributed by atoms with Gasteiger partial charge in [0.15, 0.2) is 0 Å². The molecular weight excluding hydrogens is 179 g/mol. The Kier molecular flexibility index (Phi) is 2.31. The molecule has 76 valence electrons. The van der Waals surface area contributed by atoms with Crippen molar-refractivity contribution in [1.82, 2.24) is 0 Å². The van der Waals surface area contributed by atoms with E-state index in [0.717, 1.165) is 12.8 Å². The van der Waals surface area contributed by atoms with Gasteiger partial charge in [-0.3, -0.25) is 0 Å². The molecule has 0 saturated heterocycles. The highest BCUT2D eigenvalue weighted by molar-refractivity contribution is 5.33. The first kappa shape index (κ1) is 9.66. The largest absolute Gasteiger partial charge is 0.393 e. The van der Waals surface area contributed by atoms with Crippen LogP contribution in [0.5, 0.6) is 0 Å². The van der Waals surface area contributed by atoms with Crippen LogP contribution in [0.3, 0.4) is 0 Å². The van der Waals surface area contributed by atoms with Crippen LogP contribution in [0, 0.1) is 19.7 Å². The SMILES string of the molecule is Cc1cc(C2CC(O)C2)cc(C)c1F. The molecule has 0 heterocycles. The predicted octanol–water partition coefficient (Wildman–Crippen LogP) is 2.68. The molecule has 1 fully saturated rings. The van der Waals surface area contributed by atoms with Crippen molar-refractivity contribution in [2.45, 2.75) is 38.7 Å². The van der Waals surface area contributed by atoms with Crippen LogP contribution in [0.2, 0.25) is 0 Å². The Labute approximate surface area is 83.6 Å². The summed E-state index contributed by atoms with van der Waals surface area (Å²) in [4.78, 5) is 0. The predicted molar refractivity (Wildman–Crippen MR) is 53.9 cm³/mol. The molecule has 1 aliphatic rings. The van der Waals surface area contributed by atoms with E-state index in [0.29, 0.717) is 17.0 Å². The number of aliphatic hydroxyl groups is 1. The van der Waals surface area contributed by atoms with Gasteiger partial charge in [-0.25, -0.2) is 4.39 Å². The minimum Gasteiger partial charge on any atom is -0.393 e. The van der Waals surface area contributed by atoms with E-state index < -0.39 is 0 Å². The van der Waals surface area contributed by atoms with Crippen LogP contribution < -0.4 is 0 Å². The molecule has 0 amide bonds. The highest BCUT2D eigenvalue weighted by atomic mass is 19.1. The van der Waals surface area contributed by atoms with Gasteiger partial charge in [-0.05, 0) is 49.3 Å². The highest BCUT2D eigenvalue weighted by Gasteiger charge is 2.28. The first-order valence-corrected chi connectivity index (χ1v) is 5.02. The van der Waals surface area contributed by atoms with Gasteiger partial charge in [0, 0.05) is 0 Å². The normalized spacial score (nSPS) is 26.0. The molecule has 0 aromatic heterocycles. The van der Waals surface area contributed by atoms with E-state index in [1.165, 1.54) is 5.56 Å². The molecule has 0 spiro atoms. The third-order valence-corrected chi connectivity index (χ3v) is 3.04. The molecule has 1 aliphatic carbocycles.